The second-order valence-corrected chi connectivity index (χ2v) is 6.00. The second-order valence-electron chi connectivity index (χ2n) is 5.04. The largest absolute Gasteiger partial charge is 0.478 e. The van der Waals surface area contributed by atoms with E-state index in [2.05, 4.69) is 5.32 Å². The Bertz CT molecular complexity index is 529. The molecule has 110 valence electrons. The summed E-state index contributed by atoms with van der Waals surface area (Å²) in [4.78, 5) is 23.2. The molecule has 1 aromatic carbocycles. The molecule has 6 heteroatoms. The van der Waals surface area contributed by atoms with Crippen molar-refractivity contribution in [1.29, 1.82) is 0 Å². The Labute approximate surface area is 128 Å². The molecule has 0 aliphatic heterocycles. The average molecular weight is 318 g/mol. The topological polar surface area (TPSA) is 66.4 Å². The molecule has 20 heavy (non-hydrogen) atoms. The highest BCUT2D eigenvalue weighted by Crippen LogP contribution is 2.26. The number of carboxylic acid groups (broad SMARTS) is 1. The third kappa shape index (κ3) is 4.39. The van der Waals surface area contributed by atoms with Crippen molar-refractivity contribution in [3.05, 3.63) is 28.3 Å². The number of anilines is 1. The van der Waals surface area contributed by atoms with Crippen LogP contribution in [-0.2, 0) is 4.79 Å². The first-order valence-corrected chi connectivity index (χ1v) is 7.02. The third-order valence-corrected chi connectivity index (χ3v) is 3.34. The van der Waals surface area contributed by atoms with Gasteiger partial charge in [0.2, 0.25) is 5.91 Å². The van der Waals surface area contributed by atoms with Gasteiger partial charge in [-0.2, -0.15) is 0 Å². The Morgan fingerprint density at radius 2 is 1.95 bits per heavy atom. The summed E-state index contributed by atoms with van der Waals surface area (Å²) < 4.78 is 0. The van der Waals surface area contributed by atoms with Crippen molar-refractivity contribution < 1.29 is 14.7 Å². The smallest absolute Gasteiger partial charge is 0.337 e. The Kier molecular flexibility index (Phi) is 5.84. The minimum Gasteiger partial charge on any atom is -0.478 e. The number of benzene rings is 1. The van der Waals surface area contributed by atoms with E-state index in [1.807, 2.05) is 13.8 Å². The molecule has 0 saturated carbocycles. The number of hydrogen-bond donors (Lipinski definition) is 2. The molecular weight excluding hydrogens is 301 g/mol. The van der Waals surface area contributed by atoms with Gasteiger partial charge < -0.3 is 10.4 Å². The summed E-state index contributed by atoms with van der Waals surface area (Å²) in [6.07, 6.45) is 0.516. The number of carbonyl (C=O) groups excluding carboxylic acids is 1. The van der Waals surface area contributed by atoms with Crippen LogP contribution in [-0.4, -0.2) is 22.4 Å². The molecule has 1 rings (SSSR count). The lowest BCUT2D eigenvalue weighted by atomic mass is 10.1. The van der Waals surface area contributed by atoms with Crippen molar-refractivity contribution in [2.24, 2.45) is 5.92 Å². The predicted molar refractivity (Wildman–Crippen MR) is 80.9 cm³/mol. The van der Waals surface area contributed by atoms with E-state index in [1.165, 1.54) is 6.07 Å². The first kappa shape index (κ1) is 16.8. The molecular formula is C14H17Cl2NO3. The van der Waals surface area contributed by atoms with E-state index < -0.39 is 17.3 Å². The summed E-state index contributed by atoms with van der Waals surface area (Å²) in [6, 6.07) is 2.90. The summed E-state index contributed by atoms with van der Waals surface area (Å²) in [5.74, 6) is -1.29. The molecule has 0 radical (unpaired) electrons. The van der Waals surface area contributed by atoms with E-state index in [9.17, 15) is 9.59 Å². The van der Waals surface area contributed by atoms with Gasteiger partial charge >= 0.3 is 5.97 Å². The zero-order chi connectivity index (χ0) is 15.4. The van der Waals surface area contributed by atoms with Gasteiger partial charge in [0.15, 0.2) is 0 Å². The van der Waals surface area contributed by atoms with Crippen LogP contribution in [0, 0.1) is 12.8 Å². The van der Waals surface area contributed by atoms with Gasteiger partial charge in [-0.25, -0.2) is 4.79 Å². The van der Waals surface area contributed by atoms with E-state index in [1.54, 1.807) is 13.0 Å². The number of carbonyl (C=O) groups is 2. The van der Waals surface area contributed by atoms with Gasteiger partial charge in [-0.1, -0.05) is 25.4 Å². The summed E-state index contributed by atoms with van der Waals surface area (Å²) in [5.41, 5.74) is 0.773. The number of hydrogen-bond acceptors (Lipinski definition) is 2. The van der Waals surface area contributed by atoms with Crippen molar-refractivity contribution in [2.45, 2.75) is 32.6 Å². The van der Waals surface area contributed by atoms with Crippen LogP contribution < -0.4 is 5.32 Å². The Hall–Kier alpha value is -1.26. The third-order valence-electron chi connectivity index (χ3n) is 2.74. The van der Waals surface area contributed by atoms with Gasteiger partial charge in [0, 0.05) is 5.02 Å². The quantitative estimate of drug-likeness (QED) is 0.808. The zero-order valence-electron chi connectivity index (χ0n) is 11.5. The van der Waals surface area contributed by atoms with Crippen LogP contribution in [0.15, 0.2) is 12.1 Å². The predicted octanol–water partition coefficient (Wildman–Crippen LogP) is 3.94. The fourth-order valence-corrected chi connectivity index (χ4v) is 2.48. The Morgan fingerprint density at radius 1 is 1.35 bits per heavy atom. The van der Waals surface area contributed by atoms with Crippen molar-refractivity contribution in [3.8, 4) is 0 Å². The van der Waals surface area contributed by atoms with Gasteiger partial charge in [0.1, 0.15) is 5.38 Å². The average Bonchev–Trinajstić information content (AvgIpc) is 2.30. The van der Waals surface area contributed by atoms with Crippen LogP contribution >= 0.6 is 23.2 Å². The van der Waals surface area contributed by atoms with E-state index in [4.69, 9.17) is 28.3 Å². The highest BCUT2D eigenvalue weighted by atomic mass is 35.5. The van der Waals surface area contributed by atoms with Crippen molar-refractivity contribution in [1.82, 2.24) is 0 Å². The molecule has 1 amide bonds. The van der Waals surface area contributed by atoms with Crippen molar-refractivity contribution in [3.63, 3.8) is 0 Å². The number of alkyl halides is 1. The van der Waals surface area contributed by atoms with Gasteiger partial charge in [-0.3, -0.25) is 4.79 Å². The molecule has 0 bridgehead atoms. The number of nitrogens with one attached hydrogen (secondary N) is 1. The Morgan fingerprint density at radius 3 is 2.45 bits per heavy atom. The monoisotopic (exact) mass is 317 g/mol. The van der Waals surface area contributed by atoms with E-state index in [0.717, 1.165) is 0 Å². The summed E-state index contributed by atoms with van der Waals surface area (Å²) in [7, 11) is 0. The molecule has 0 aliphatic carbocycles. The molecule has 0 aliphatic rings. The fraction of sp³-hybridized carbons (Fsp3) is 0.429. The van der Waals surface area contributed by atoms with Crippen molar-refractivity contribution in [2.75, 3.05) is 5.32 Å². The van der Waals surface area contributed by atoms with Crippen LogP contribution in [0.5, 0.6) is 0 Å². The standard InChI is InChI=1S/C14H17Cl2NO3/c1-7(2)4-11(16)13(18)17-12-8(3)5-9(15)6-10(12)14(19)20/h5-7,11H,4H2,1-3H3,(H,17,18)(H,19,20)/t11-/m0/s1. The normalized spacial score (nSPS) is 12.3. The molecule has 0 saturated heterocycles. The van der Waals surface area contributed by atoms with Gasteiger partial charge in [0.05, 0.1) is 11.3 Å². The zero-order valence-corrected chi connectivity index (χ0v) is 13.0. The number of aromatic carboxylic acids is 1. The lowest BCUT2D eigenvalue weighted by Crippen LogP contribution is -2.26. The van der Waals surface area contributed by atoms with Gasteiger partial charge in [-0.15, -0.1) is 11.6 Å². The first-order chi connectivity index (χ1) is 9.22. The fourth-order valence-electron chi connectivity index (χ4n) is 1.80. The van der Waals surface area contributed by atoms with Crippen LogP contribution in [0.25, 0.3) is 0 Å². The first-order valence-electron chi connectivity index (χ1n) is 6.20. The minimum absolute atomic E-state index is 0.0447. The Balaban J connectivity index is 3.03. The van der Waals surface area contributed by atoms with Crippen LogP contribution in [0.1, 0.15) is 36.2 Å². The molecule has 1 aromatic rings. The molecule has 0 spiro atoms. The molecule has 0 unspecified atom stereocenters. The summed E-state index contributed by atoms with van der Waals surface area (Å²) in [5, 5.41) is 11.4. The second kappa shape index (κ2) is 6.95. The van der Waals surface area contributed by atoms with Gasteiger partial charge in [0.25, 0.3) is 0 Å². The lowest BCUT2D eigenvalue weighted by Gasteiger charge is -2.16. The summed E-state index contributed by atoms with van der Waals surface area (Å²) in [6.45, 7) is 5.59. The van der Waals surface area contributed by atoms with Gasteiger partial charge in [-0.05, 0) is 37.0 Å². The lowest BCUT2D eigenvalue weighted by molar-refractivity contribution is -0.116. The van der Waals surface area contributed by atoms with Crippen LogP contribution in [0.4, 0.5) is 5.69 Å². The molecule has 0 fully saturated rings. The van der Waals surface area contributed by atoms with E-state index in [-0.39, 0.29) is 17.2 Å². The van der Waals surface area contributed by atoms with E-state index >= 15 is 0 Å². The maximum absolute atomic E-state index is 12.0. The molecule has 2 N–H and O–H groups in total. The SMILES string of the molecule is Cc1cc(Cl)cc(C(=O)O)c1NC(=O)[C@@H](Cl)CC(C)C. The maximum Gasteiger partial charge on any atom is 0.337 e. The van der Waals surface area contributed by atoms with E-state index in [0.29, 0.717) is 17.0 Å². The highest BCUT2D eigenvalue weighted by Gasteiger charge is 2.21. The molecule has 0 heterocycles. The van der Waals surface area contributed by atoms with Crippen LogP contribution in [0.3, 0.4) is 0 Å². The number of amides is 1. The van der Waals surface area contributed by atoms with Crippen molar-refractivity contribution >= 4 is 40.8 Å². The minimum atomic E-state index is -1.15. The number of aryl methyl sites for hydroxylation is 1. The highest BCUT2D eigenvalue weighted by molar-refractivity contribution is 6.33. The number of rotatable bonds is 5. The molecule has 0 aromatic heterocycles. The maximum atomic E-state index is 12.0. The molecule has 4 nitrogen and oxygen atoms in total. The molecule has 1 atom stereocenters. The summed E-state index contributed by atoms with van der Waals surface area (Å²) >= 11 is 11.8. The van der Waals surface area contributed by atoms with Crippen LogP contribution in [0.2, 0.25) is 5.02 Å². The number of halogens is 2. The number of carboxylic acids is 1.